The molecule has 2 N–H and O–H groups in total. The summed E-state index contributed by atoms with van der Waals surface area (Å²) in [5.74, 6) is 1.14. The van der Waals surface area contributed by atoms with Crippen LogP contribution in [0.3, 0.4) is 0 Å². The highest BCUT2D eigenvalue weighted by Gasteiger charge is 2.16. The van der Waals surface area contributed by atoms with Gasteiger partial charge in [0.1, 0.15) is 11.5 Å². The van der Waals surface area contributed by atoms with Crippen LogP contribution in [0.25, 0.3) is 0 Å². The van der Waals surface area contributed by atoms with E-state index in [-0.39, 0.29) is 5.78 Å². The van der Waals surface area contributed by atoms with Crippen LogP contribution in [0.1, 0.15) is 18.5 Å². The highest BCUT2D eigenvalue weighted by Crippen LogP contribution is 2.28. The maximum absolute atomic E-state index is 11.2. The standard InChI is InChI=1S/C11H15NO3/c1-7(13)11(12)9-6-8(14-2)4-5-10(9)15-3/h4-6,11H,12H2,1-3H3. The summed E-state index contributed by atoms with van der Waals surface area (Å²) in [6, 6.07) is 4.53. The molecule has 0 fully saturated rings. The third-order valence-electron chi connectivity index (χ3n) is 2.21. The molecule has 1 aromatic carbocycles. The van der Waals surface area contributed by atoms with Gasteiger partial charge in [0.2, 0.25) is 0 Å². The van der Waals surface area contributed by atoms with Crippen LogP contribution in [0.2, 0.25) is 0 Å². The zero-order chi connectivity index (χ0) is 11.4. The minimum absolute atomic E-state index is 0.110. The van der Waals surface area contributed by atoms with E-state index in [0.717, 1.165) is 0 Å². The molecule has 1 unspecified atom stereocenters. The number of rotatable bonds is 4. The van der Waals surface area contributed by atoms with Gasteiger partial charge in [-0.05, 0) is 25.1 Å². The van der Waals surface area contributed by atoms with Crippen molar-refractivity contribution in [2.75, 3.05) is 14.2 Å². The third-order valence-corrected chi connectivity index (χ3v) is 2.21. The molecule has 0 spiro atoms. The summed E-state index contributed by atoms with van der Waals surface area (Å²) in [5.41, 5.74) is 6.40. The highest BCUT2D eigenvalue weighted by atomic mass is 16.5. The smallest absolute Gasteiger partial charge is 0.151 e. The van der Waals surface area contributed by atoms with Crippen LogP contribution in [0.5, 0.6) is 11.5 Å². The van der Waals surface area contributed by atoms with Crippen LogP contribution < -0.4 is 15.2 Å². The molecule has 0 bridgehead atoms. The zero-order valence-electron chi connectivity index (χ0n) is 9.11. The van der Waals surface area contributed by atoms with E-state index >= 15 is 0 Å². The first-order valence-corrected chi connectivity index (χ1v) is 4.58. The molecule has 4 heteroatoms. The number of methoxy groups -OCH3 is 2. The quantitative estimate of drug-likeness (QED) is 0.811. The molecule has 15 heavy (non-hydrogen) atoms. The molecule has 0 aliphatic rings. The summed E-state index contributed by atoms with van der Waals surface area (Å²) < 4.78 is 10.2. The van der Waals surface area contributed by atoms with Crippen LogP contribution in [0.4, 0.5) is 0 Å². The molecular weight excluding hydrogens is 194 g/mol. The number of carbonyl (C=O) groups is 1. The predicted octanol–water partition coefficient (Wildman–Crippen LogP) is 1.29. The van der Waals surface area contributed by atoms with Gasteiger partial charge >= 0.3 is 0 Å². The van der Waals surface area contributed by atoms with Crippen molar-refractivity contribution in [1.29, 1.82) is 0 Å². The second kappa shape index (κ2) is 4.79. The van der Waals surface area contributed by atoms with E-state index in [1.165, 1.54) is 14.0 Å². The fraction of sp³-hybridized carbons (Fsp3) is 0.364. The maximum atomic E-state index is 11.2. The first-order valence-electron chi connectivity index (χ1n) is 4.58. The molecule has 0 saturated carbocycles. The van der Waals surface area contributed by atoms with Crippen LogP contribution in [-0.2, 0) is 4.79 Å². The maximum Gasteiger partial charge on any atom is 0.151 e. The molecule has 0 radical (unpaired) electrons. The predicted molar refractivity (Wildman–Crippen MR) is 57.2 cm³/mol. The van der Waals surface area contributed by atoms with Crippen molar-refractivity contribution in [2.45, 2.75) is 13.0 Å². The summed E-state index contributed by atoms with van der Waals surface area (Å²) in [6.45, 7) is 1.45. The second-order valence-corrected chi connectivity index (χ2v) is 3.20. The van der Waals surface area contributed by atoms with Gasteiger partial charge in [-0.3, -0.25) is 4.79 Å². The number of Topliss-reactive ketones (excluding diaryl/α,β-unsaturated/α-hetero) is 1. The Labute approximate surface area is 89.0 Å². The highest BCUT2D eigenvalue weighted by molar-refractivity contribution is 5.83. The number of carbonyl (C=O) groups excluding carboxylic acids is 1. The summed E-state index contributed by atoms with van der Waals surface area (Å²) in [5, 5.41) is 0. The molecule has 1 atom stereocenters. The molecule has 0 saturated heterocycles. The summed E-state index contributed by atoms with van der Waals surface area (Å²) in [4.78, 5) is 11.2. The van der Waals surface area contributed by atoms with E-state index in [1.54, 1.807) is 25.3 Å². The molecule has 1 aromatic rings. The fourth-order valence-corrected chi connectivity index (χ4v) is 1.30. The number of hydrogen-bond donors (Lipinski definition) is 1. The largest absolute Gasteiger partial charge is 0.497 e. The Morgan fingerprint density at radius 2 is 2.00 bits per heavy atom. The van der Waals surface area contributed by atoms with E-state index < -0.39 is 6.04 Å². The summed E-state index contributed by atoms with van der Waals surface area (Å²) in [6.07, 6.45) is 0. The second-order valence-electron chi connectivity index (χ2n) is 3.20. The minimum atomic E-state index is -0.671. The van der Waals surface area contributed by atoms with Crippen molar-refractivity contribution in [3.8, 4) is 11.5 Å². The van der Waals surface area contributed by atoms with E-state index in [1.807, 2.05) is 0 Å². The topological polar surface area (TPSA) is 61.6 Å². The Kier molecular flexibility index (Phi) is 3.68. The minimum Gasteiger partial charge on any atom is -0.497 e. The van der Waals surface area contributed by atoms with E-state index in [9.17, 15) is 4.79 Å². The molecule has 0 aromatic heterocycles. The monoisotopic (exact) mass is 209 g/mol. The van der Waals surface area contributed by atoms with Gasteiger partial charge in [0.05, 0.1) is 20.3 Å². The van der Waals surface area contributed by atoms with E-state index in [2.05, 4.69) is 0 Å². The Morgan fingerprint density at radius 3 is 2.47 bits per heavy atom. The lowest BCUT2D eigenvalue weighted by Gasteiger charge is -2.14. The molecule has 0 aliphatic carbocycles. The normalized spacial score (nSPS) is 12.0. The van der Waals surface area contributed by atoms with Gasteiger partial charge in [0.25, 0.3) is 0 Å². The molecular formula is C11H15NO3. The Bertz CT molecular complexity index is 363. The van der Waals surface area contributed by atoms with Crippen molar-refractivity contribution >= 4 is 5.78 Å². The molecule has 82 valence electrons. The average Bonchev–Trinajstić information content (AvgIpc) is 2.27. The summed E-state index contributed by atoms with van der Waals surface area (Å²) >= 11 is 0. The van der Waals surface area contributed by atoms with Crippen LogP contribution in [0, 0.1) is 0 Å². The zero-order valence-corrected chi connectivity index (χ0v) is 9.11. The molecule has 4 nitrogen and oxygen atoms in total. The lowest BCUT2D eigenvalue weighted by Crippen LogP contribution is -2.19. The van der Waals surface area contributed by atoms with Crippen LogP contribution >= 0.6 is 0 Å². The Morgan fingerprint density at radius 1 is 1.33 bits per heavy atom. The number of ketones is 1. The van der Waals surface area contributed by atoms with Gasteiger partial charge in [0.15, 0.2) is 5.78 Å². The van der Waals surface area contributed by atoms with Gasteiger partial charge < -0.3 is 15.2 Å². The lowest BCUT2D eigenvalue weighted by atomic mass is 10.0. The van der Waals surface area contributed by atoms with Gasteiger partial charge in [-0.25, -0.2) is 0 Å². The lowest BCUT2D eigenvalue weighted by molar-refractivity contribution is -0.118. The molecule has 0 aliphatic heterocycles. The first kappa shape index (κ1) is 11.5. The van der Waals surface area contributed by atoms with Crippen LogP contribution in [0.15, 0.2) is 18.2 Å². The Hall–Kier alpha value is -1.55. The number of hydrogen-bond acceptors (Lipinski definition) is 4. The Balaban J connectivity index is 3.16. The van der Waals surface area contributed by atoms with Crippen molar-refractivity contribution in [3.63, 3.8) is 0 Å². The van der Waals surface area contributed by atoms with Gasteiger partial charge in [-0.1, -0.05) is 0 Å². The van der Waals surface area contributed by atoms with Crippen molar-refractivity contribution in [1.82, 2.24) is 0 Å². The number of nitrogens with two attached hydrogens (primary N) is 1. The van der Waals surface area contributed by atoms with E-state index in [4.69, 9.17) is 15.2 Å². The average molecular weight is 209 g/mol. The van der Waals surface area contributed by atoms with Crippen molar-refractivity contribution < 1.29 is 14.3 Å². The fourth-order valence-electron chi connectivity index (χ4n) is 1.30. The van der Waals surface area contributed by atoms with Gasteiger partial charge in [-0.2, -0.15) is 0 Å². The van der Waals surface area contributed by atoms with Crippen molar-refractivity contribution in [2.24, 2.45) is 5.73 Å². The van der Waals surface area contributed by atoms with Crippen LogP contribution in [-0.4, -0.2) is 20.0 Å². The number of benzene rings is 1. The van der Waals surface area contributed by atoms with E-state index in [0.29, 0.717) is 17.1 Å². The first-order chi connectivity index (χ1) is 7.10. The van der Waals surface area contributed by atoms with Gasteiger partial charge in [0, 0.05) is 5.56 Å². The van der Waals surface area contributed by atoms with Crippen molar-refractivity contribution in [3.05, 3.63) is 23.8 Å². The molecule has 1 rings (SSSR count). The number of ether oxygens (including phenoxy) is 2. The van der Waals surface area contributed by atoms with Gasteiger partial charge in [-0.15, -0.1) is 0 Å². The molecule has 0 amide bonds. The third kappa shape index (κ3) is 2.47. The molecule has 0 heterocycles. The summed E-state index contributed by atoms with van der Waals surface area (Å²) in [7, 11) is 3.10. The SMILES string of the molecule is COc1ccc(OC)c(C(N)C(C)=O)c1.